The van der Waals surface area contributed by atoms with Gasteiger partial charge in [0.2, 0.25) is 10.0 Å². The Kier molecular flexibility index (Phi) is 5.97. The van der Waals surface area contributed by atoms with Gasteiger partial charge >= 0.3 is 0 Å². The predicted octanol–water partition coefficient (Wildman–Crippen LogP) is 3.16. The van der Waals surface area contributed by atoms with E-state index in [1.807, 2.05) is 38.1 Å². The fourth-order valence-corrected chi connectivity index (χ4v) is 3.06. The van der Waals surface area contributed by atoms with E-state index in [4.69, 9.17) is 4.74 Å². The highest BCUT2D eigenvalue weighted by Crippen LogP contribution is 2.27. The molecular formula is C16H22N4O3S. The van der Waals surface area contributed by atoms with E-state index >= 15 is 0 Å². The van der Waals surface area contributed by atoms with Crippen molar-refractivity contribution in [2.75, 3.05) is 15.8 Å². The zero-order valence-electron chi connectivity index (χ0n) is 14.0. The van der Waals surface area contributed by atoms with Gasteiger partial charge in [0.05, 0.1) is 17.5 Å². The number of hydrogen-bond donors (Lipinski definition) is 2. The summed E-state index contributed by atoms with van der Waals surface area (Å²) in [5, 5.41) is 11.0. The summed E-state index contributed by atoms with van der Waals surface area (Å²) in [6.45, 7) is 5.70. The van der Waals surface area contributed by atoms with E-state index in [1.165, 1.54) is 0 Å². The molecule has 130 valence electrons. The van der Waals surface area contributed by atoms with Gasteiger partial charge < -0.3 is 10.1 Å². The predicted molar refractivity (Wildman–Crippen MR) is 95.2 cm³/mol. The van der Waals surface area contributed by atoms with Gasteiger partial charge in [0.15, 0.2) is 11.6 Å². The van der Waals surface area contributed by atoms with Crippen molar-refractivity contribution in [2.24, 2.45) is 0 Å². The van der Waals surface area contributed by atoms with Crippen LogP contribution in [0.4, 0.5) is 17.3 Å². The van der Waals surface area contributed by atoms with Gasteiger partial charge in [-0.1, -0.05) is 19.1 Å². The first kappa shape index (κ1) is 18.0. The molecule has 2 rings (SSSR count). The number of ether oxygens (including phenoxy) is 1. The Morgan fingerprint density at radius 3 is 2.38 bits per heavy atom. The summed E-state index contributed by atoms with van der Waals surface area (Å²) in [5.41, 5.74) is 0.764. The number of benzene rings is 1. The molecule has 1 aromatic heterocycles. The van der Waals surface area contributed by atoms with Crippen molar-refractivity contribution in [3.05, 3.63) is 36.4 Å². The maximum absolute atomic E-state index is 11.7. The van der Waals surface area contributed by atoms with E-state index in [0.717, 1.165) is 5.69 Å². The Morgan fingerprint density at radius 2 is 1.75 bits per heavy atom. The highest BCUT2D eigenvalue weighted by Gasteiger charge is 2.10. The Labute approximate surface area is 142 Å². The highest BCUT2D eigenvalue weighted by molar-refractivity contribution is 7.92. The van der Waals surface area contributed by atoms with Crippen LogP contribution in [-0.2, 0) is 10.0 Å². The average Bonchev–Trinajstić information content (AvgIpc) is 2.50. The largest absolute Gasteiger partial charge is 0.489 e. The van der Waals surface area contributed by atoms with Crippen molar-refractivity contribution in [1.29, 1.82) is 0 Å². The number of sulfonamides is 1. The molecule has 0 bridgehead atoms. The molecule has 7 nitrogen and oxygen atoms in total. The molecule has 0 atom stereocenters. The normalized spacial score (nSPS) is 11.3. The summed E-state index contributed by atoms with van der Waals surface area (Å²) in [4.78, 5) is 0. The lowest BCUT2D eigenvalue weighted by molar-refractivity contribution is 0.244. The second-order valence-electron chi connectivity index (χ2n) is 5.51. The number of rotatable bonds is 8. The third-order valence-electron chi connectivity index (χ3n) is 2.91. The molecule has 0 radical (unpaired) electrons. The molecule has 8 heteroatoms. The van der Waals surface area contributed by atoms with Crippen LogP contribution in [0, 0.1) is 0 Å². The Bertz CT molecular complexity index is 761. The van der Waals surface area contributed by atoms with E-state index < -0.39 is 10.0 Å². The molecule has 0 unspecified atom stereocenters. The molecule has 2 N–H and O–H groups in total. The Morgan fingerprint density at radius 1 is 1.08 bits per heavy atom. The SMILES string of the molecule is CCCS(=O)(=O)Nc1ccc(Nc2ccccc2OC(C)C)nn1. The summed E-state index contributed by atoms with van der Waals surface area (Å²) in [7, 11) is -3.37. The summed E-state index contributed by atoms with van der Waals surface area (Å²) in [6, 6.07) is 10.7. The molecule has 0 fully saturated rings. The average molecular weight is 350 g/mol. The van der Waals surface area contributed by atoms with Crippen molar-refractivity contribution in [3.63, 3.8) is 0 Å². The number of nitrogens with zero attached hydrogens (tertiary/aromatic N) is 2. The van der Waals surface area contributed by atoms with Gasteiger partial charge in [0, 0.05) is 0 Å². The molecule has 24 heavy (non-hydrogen) atoms. The van der Waals surface area contributed by atoms with E-state index in [-0.39, 0.29) is 17.7 Å². The number of para-hydroxylation sites is 2. The molecule has 2 aromatic rings. The van der Waals surface area contributed by atoms with Gasteiger partial charge in [-0.25, -0.2) is 8.42 Å². The second kappa shape index (κ2) is 7.96. The van der Waals surface area contributed by atoms with Crippen LogP contribution in [-0.4, -0.2) is 30.5 Å². The van der Waals surface area contributed by atoms with Gasteiger partial charge in [0.25, 0.3) is 0 Å². The third-order valence-corrected chi connectivity index (χ3v) is 4.38. The highest BCUT2D eigenvalue weighted by atomic mass is 32.2. The number of nitrogens with one attached hydrogen (secondary N) is 2. The van der Waals surface area contributed by atoms with Crippen molar-refractivity contribution in [2.45, 2.75) is 33.3 Å². The van der Waals surface area contributed by atoms with Crippen LogP contribution in [0.3, 0.4) is 0 Å². The molecule has 0 spiro atoms. The maximum atomic E-state index is 11.7. The van der Waals surface area contributed by atoms with Crippen molar-refractivity contribution >= 4 is 27.3 Å². The molecule has 0 saturated heterocycles. The van der Waals surface area contributed by atoms with Crippen LogP contribution in [0.15, 0.2) is 36.4 Å². The van der Waals surface area contributed by atoms with Crippen LogP contribution in [0.5, 0.6) is 5.75 Å². The first-order chi connectivity index (χ1) is 11.4. The minimum atomic E-state index is -3.37. The summed E-state index contributed by atoms with van der Waals surface area (Å²) < 4.78 is 31.5. The van der Waals surface area contributed by atoms with Crippen LogP contribution < -0.4 is 14.8 Å². The van der Waals surface area contributed by atoms with Crippen molar-refractivity contribution in [1.82, 2.24) is 10.2 Å². The Balaban J connectivity index is 2.10. The third kappa shape index (κ3) is 5.38. The van der Waals surface area contributed by atoms with E-state index in [0.29, 0.717) is 18.0 Å². The molecule has 0 saturated carbocycles. The zero-order valence-corrected chi connectivity index (χ0v) is 14.8. The zero-order chi connectivity index (χ0) is 17.6. The lowest BCUT2D eigenvalue weighted by atomic mass is 10.3. The lowest BCUT2D eigenvalue weighted by Crippen LogP contribution is -2.17. The van der Waals surface area contributed by atoms with Crippen LogP contribution >= 0.6 is 0 Å². The fraction of sp³-hybridized carbons (Fsp3) is 0.375. The van der Waals surface area contributed by atoms with Gasteiger partial charge in [-0.3, -0.25) is 4.72 Å². The van der Waals surface area contributed by atoms with E-state index in [2.05, 4.69) is 20.2 Å². The van der Waals surface area contributed by atoms with Crippen molar-refractivity contribution in [3.8, 4) is 5.75 Å². The molecule has 0 aliphatic carbocycles. The van der Waals surface area contributed by atoms with Crippen molar-refractivity contribution < 1.29 is 13.2 Å². The first-order valence-corrected chi connectivity index (χ1v) is 9.42. The van der Waals surface area contributed by atoms with E-state index in [1.54, 1.807) is 19.1 Å². The smallest absolute Gasteiger partial charge is 0.233 e. The molecule has 0 aliphatic heterocycles. The first-order valence-electron chi connectivity index (χ1n) is 7.76. The molecule has 1 aromatic carbocycles. The molecule has 0 aliphatic rings. The lowest BCUT2D eigenvalue weighted by Gasteiger charge is -2.15. The number of anilines is 3. The molecule has 0 amide bonds. The van der Waals surface area contributed by atoms with Crippen LogP contribution in [0.2, 0.25) is 0 Å². The summed E-state index contributed by atoms with van der Waals surface area (Å²) in [6.07, 6.45) is 0.587. The topological polar surface area (TPSA) is 93.2 Å². The molecule has 1 heterocycles. The molecular weight excluding hydrogens is 328 g/mol. The van der Waals surface area contributed by atoms with Gasteiger partial charge in [-0.15, -0.1) is 10.2 Å². The number of hydrogen-bond acceptors (Lipinski definition) is 6. The quantitative estimate of drug-likeness (QED) is 0.759. The van der Waals surface area contributed by atoms with Gasteiger partial charge in [0.1, 0.15) is 5.75 Å². The van der Waals surface area contributed by atoms with Crippen LogP contribution in [0.1, 0.15) is 27.2 Å². The second-order valence-corrected chi connectivity index (χ2v) is 7.35. The Hall–Kier alpha value is -2.35. The minimum Gasteiger partial charge on any atom is -0.489 e. The van der Waals surface area contributed by atoms with Crippen LogP contribution in [0.25, 0.3) is 0 Å². The standard InChI is InChI=1S/C16H22N4O3S/c1-4-11-24(21,22)20-16-10-9-15(18-19-16)17-13-7-5-6-8-14(13)23-12(2)3/h5-10,12H,4,11H2,1-3H3,(H,17,18)(H,19,20). The summed E-state index contributed by atoms with van der Waals surface area (Å²) in [5.74, 6) is 1.45. The van der Waals surface area contributed by atoms with E-state index in [9.17, 15) is 8.42 Å². The summed E-state index contributed by atoms with van der Waals surface area (Å²) >= 11 is 0. The number of aromatic nitrogens is 2. The monoisotopic (exact) mass is 350 g/mol. The van der Waals surface area contributed by atoms with Gasteiger partial charge in [-0.2, -0.15) is 0 Å². The van der Waals surface area contributed by atoms with Gasteiger partial charge in [-0.05, 0) is 44.5 Å². The minimum absolute atomic E-state index is 0.0502. The fourth-order valence-electron chi connectivity index (χ4n) is 2.00. The maximum Gasteiger partial charge on any atom is 0.233 e.